The molecule has 1 aromatic carbocycles. The molecule has 0 amide bonds. The van der Waals surface area contributed by atoms with Crippen molar-refractivity contribution in [2.24, 2.45) is 4.99 Å². The second-order valence-electron chi connectivity index (χ2n) is 4.20. The van der Waals surface area contributed by atoms with Crippen molar-refractivity contribution in [3.63, 3.8) is 0 Å². The van der Waals surface area contributed by atoms with Crippen molar-refractivity contribution in [3.05, 3.63) is 30.3 Å². The number of benzene rings is 1. The molecule has 0 bridgehead atoms. The maximum Gasteiger partial charge on any atom is 0.397 e. The summed E-state index contributed by atoms with van der Waals surface area (Å²) in [7, 11) is 0. The van der Waals surface area contributed by atoms with Gasteiger partial charge in [0.1, 0.15) is 5.75 Å². The third-order valence-corrected chi connectivity index (χ3v) is 3.08. The molecule has 0 aliphatic rings. The molecule has 0 fully saturated rings. The molecular formula is C15H19N5O2S. The van der Waals surface area contributed by atoms with Gasteiger partial charge in [-0.1, -0.05) is 30.0 Å². The fourth-order valence-corrected chi connectivity index (χ4v) is 1.95. The standard InChI is InChI=1S/C15H19N5O2S/c1-4-16-12-17-13(19-14(18-12)23-3)20-15(21-5-2)22-11-9-7-6-8-10-11/h6-10H,4-5H2,1-3H3,(H,16,17,18,19). The molecule has 2 rings (SSSR count). The maximum atomic E-state index is 5.63. The summed E-state index contributed by atoms with van der Waals surface area (Å²) in [4.78, 5) is 17.0. The minimum absolute atomic E-state index is 0.0967. The van der Waals surface area contributed by atoms with E-state index in [0.29, 0.717) is 30.0 Å². The van der Waals surface area contributed by atoms with E-state index >= 15 is 0 Å². The van der Waals surface area contributed by atoms with Crippen LogP contribution in [0.3, 0.4) is 0 Å². The lowest BCUT2D eigenvalue weighted by molar-refractivity contribution is 0.250. The first-order valence-corrected chi connectivity index (χ1v) is 8.46. The molecule has 1 N–H and O–H groups in total. The number of anilines is 1. The van der Waals surface area contributed by atoms with E-state index in [2.05, 4.69) is 25.3 Å². The van der Waals surface area contributed by atoms with Gasteiger partial charge in [0.05, 0.1) is 6.61 Å². The number of aliphatic imine (C=N–C) groups is 1. The van der Waals surface area contributed by atoms with E-state index in [1.807, 2.05) is 50.4 Å². The molecule has 1 aromatic heterocycles. The molecular weight excluding hydrogens is 314 g/mol. The summed E-state index contributed by atoms with van der Waals surface area (Å²) in [6.07, 6.45) is 1.99. The highest BCUT2D eigenvalue weighted by Crippen LogP contribution is 2.17. The van der Waals surface area contributed by atoms with Gasteiger partial charge in [0.25, 0.3) is 5.95 Å². The van der Waals surface area contributed by atoms with Crippen LogP contribution in [0.4, 0.5) is 11.9 Å². The number of nitrogens with one attached hydrogen (secondary N) is 1. The minimum Gasteiger partial charge on any atom is -0.450 e. The van der Waals surface area contributed by atoms with Gasteiger partial charge in [0, 0.05) is 6.54 Å². The molecule has 0 spiro atoms. The van der Waals surface area contributed by atoms with Crippen LogP contribution in [0.1, 0.15) is 13.8 Å². The van der Waals surface area contributed by atoms with E-state index in [0.717, 1.165) is 0 Å². The first-order chi connectivity index (χ1) is 11.2. The van der Waals surface area contributed by atoms with Crippen LogP contribution in [0.5, 0.6) is 5.75 Å². The van der Waals surface area contributed by atoms with E-state index in [9.17, 15) is 0 Å². The number of para-hydroxylation sites is 1. The van der Waals surface area contributed by atoms with Crippen LogP contribution in [0.25, 0.3) is 0 Å². The van der Waals surface area contributed by atoms with Gasteiger partial charge in [-0.05, 0) is 32.2 Å². The van der Waals surface area contributed by atoms with E-state index in [1.165, 1.54) is 11.8 Å². The summed E-state index contributed by atoms with van der Waals surface area (Å²) in [5, 5.41) is 3.63. The lowest BCUT2D eigenvalue weighted by Crippen LogP contribution is -2.13. The van der Waals surface area contributed by atoms with Gasteiger partial charge >= 0.3 is 6.08 Å². The van der Waals surface area contributed by atoms with Crippen LogP contribution in [0.15, 0.2) is 40.5 Å². The number of ether oxygens (including phenoxy) is 2. The first-order valence-electron chi connectivity index (χ1n) is 7.23. The molecule has 0 radical (unpaired) electrons. The molecule has 2 aromatic rings. The van der Waals surface area contributed by atoms with Crippen molar-refractivity contribution >= 4 is 29.7 Å². The van der Waals surface area contributed by atoms with Gasteiger partial charge in [-0.15, -0.1) is 4.99 Å². The number of rotatable bonds is 6. The van der Waals surface area contributed by atoms with Crippen molar-refractivity contribution in [2.45, 2.75) is 19.0 Å². The van der Waals surface area contributed by atoms with Crippen LogP contribution < -0.4 is 10.1 Å². The van der Waals surface area contributed by atoms with Gasteiger partial charge in [-0.3, -0.25) is 0 Å². The van der Waals surface area contributed by atoms with Gasteiger partial charge in [-0.2, -0.15) is 15.0 Å². The molecule has 0 atom stereocenters. The maximum absolute atomic E-state index is 5.63. The van der Waals surface area contributed by atoms with E-state index in [1.54, 1.807) is 0 Å². The fourth-order valence-electron chi connectivity index (χ4n) is 1.60. The molecule has 23 heavy (non-hydrogen) atoms. The van der Waals surface area contributed by atoms with Gasteiger partial charge < -0.3 is 14.8 Å². The summed E-state index contributed by atoms with van der Waals surface area (Å²) in [6.45, 7) is 4.95. The van der Waals surface area contributed by atoms with Crippen molar-refractivity contribution in [1.82, 2.24) is 15.0 Å². The predicted molar refractivity (Wildman–Crippen MR) is 91.6 cm³/mol. The summed E-state index contributed by atoms with van der Waals surface area (Å²) < 4.78 is 11.1. The largest absolute Gasteiger partial charge is 0.450 e. The predicted octanol–water partition coefficient (Wildman–Crippen LogP) is 3.13. The topological polar surface area (TPSA) is 81.5 Å². The third kappa shape index (κ3) is 5.41. The Balaban J connectivity index is 2.28. The number of thioether (sulfide) groups is 1. The average Bonchev–Trinajstić information content (AvgIpc) is 2.56. The zero-order chi connectivity index (χ0) is 16.5. The second-order valence-corrected chi connectivity index (χ2v) is 4.98. The quantitative estimate of drug-likeness (QED) is 0.494. The summed E-state index contributed by atoms with van der Waals surface area (Å²) >= 11 is 1.41. The van der Waals surface area contributed by atoms with Crippen LogP contribution in [-0.4, -0.2) is 40.4 Å². The van der Waals surface area contributed by atoms with Gasteiger partial charge in [-0.25, -0.2) is 0 Å². The highest BCUT2D eigenvalue weighted by molar-refractivity contribution is 7.98. The Morgan fingerprint density at radius 2 is 1.96 bits per heavy atom. The van der Waals surface area contributed by atoms with Crippen molar-refractivity contribution in [2.75, 3.05) is 24.7 Å². The van der Waals surface area contributed by atoms with Crippen molar-refractivity contribution in [3.8, 4) is 5.75 Å². The summed E-state index contributed by atoms with van der Waals surface area (Å²) in [6, 6.07) is 9.29. The Kier molecular flexibility index (Phi) is 6.61. The average molecular weight is 333 g/mol. The fraction of sp³-hybridized carbons (Fsp3) is 0.333. The first kappa shape index (κ1) is 17.0. The number of aromatic nitrogens is 3. The molecule has 122 valence electrons. The Labute approximate surface area is 139 Å². The lowest BCUT2D eigenvalue weighted by Gasteiger charge is -2.09. The smallest absolute Gasteiger partial charge is 0.397 e. The van der Waals surface area contributed by atoms with E-state index < -0.39 is 0 Å². The van der Waals surface area contributed by atoms with Crippen molar-refractivity contribution < 1.29 is 9.47 Å². The highest BCUT2D eigenvalue weighted by atomic mass is 32.2. The molecule has 0 aliphatic heterocycles. The zero-order valence-electron chi connectivity index (χ0n) is 13.3. The number of hydrogen-bond donors (Lipinski definition) is 1. The molecule has 0 saturated carbocycles. The monoisotopic (exact) mass is 333 g/mol. The molecule has 0 saturated heterocycles. The molecule has 8 heteroatoms. The van der Waals surface area contributed by atoms with Crippen molar-refractivity contribution in [1.29, 1.82) is 0 Å². The Bertz CT molecular complexity index is 652. The molecule has 0 unspecified atom stereocenters. The van der Waals surface area contributed by atoms with E-state index in [-0.39, 0.29) is 12.0 Å². The normalized spacial score (nSPS) is 11.2. The molecule has 7 nitrogen and oxygen atoms in total. The Morgan fingerprint density at radius 1 is 1.17 bits per heavy atom. The van der Waals surface area contributed by atoms with Gasteiger partial charge in [0.2, 0.25) is 5.95 Å². The number of nitrogens with zero attached hydrogens (tertiary/aromatic N) is 4. The Hall–Kier alpha value is -2.35. The summed E-state index contributed by atoms with van der Waals surface area (Å²) in [5.41, 5.74) is 0. The number of hydrogen-bond acceptors (Lipinski definition) is 8. The van der Waals surface area contributed by atoms with Crippen LogP contribution in [-0.2, 0) is 4.74 Å². The Morgan fingerprint density at radius 3 is 2.61 bits per heavy atom. The summed E-state index contributed by atoms with van der Waals surface area (Å²) in [5.74, 6) is 1.34. The molecule has 1 heterocycles. The minimum atomic E-state index is 0.0967. The third-order valence-electron chi connectivity index (χ3n) is 2.53. The van der Waals surface area contributed by atoms with Crippen LogP contribution in [0, 0.1) is 0 Å². The van der Waals surface area contributed by atoms with Crippen LogP contribution >= 0.6 is 11.8 Å². The second kappa shape index (κ2) is 8.94. The lowest BCUT2D eigenvalue weighted by atomic mass is 10.3. The van der Waals surface area contributed by atoms with Gasteiger partial charge in [0.15, 0.2) is 5.16 Å². The zero-order valence-corrected chi connectivity index (χ0v) is 14.1. The van der Waals surface area contributed by atoms with E-state index in [4.69, 9.17) is 9.47 Å². The molecule has 0 aliphatic carbocycles. The van der Waals surface area contributed by atoms with Crippen LogP contribution in [0.2, 0.25) is 0 Å². The SMILES string of the molecule is CCNc1nc(N=C(OCC)Oc2ccccc2)nc(SC)n1. The highest BCUT2D eigenvalue weighted by Gasteiger charge is 2.09.